The van der Waals surface area contributed by atoms with Crippen LogP contribution in [-0.2, 0) is 16.1 Å². The molecule has 1 aliphatic rings. The van der Waals surface area contributed by atoms with Gasteiger partial charge in [0.15, 0.2) is 6.10 Å². The molecule has 0 aromatic heterocycles. The highest BCUT2D eigenvalue weighted by atomic mass is 16.5. The molecule has 16 heavy (non-hydrogen) atoms. The third-order valence-electron chi connectivity index (χ3n) is 2.75. The molecule has 0 radical (unpaired) electrons. The van der Waals surface area contributed by atoms with E-state index >= 15 is 0 Å². The van der Waals surface area contributed by atoms with E-state index < -0.39 is 12.1 Å². The number of aliphatic hydroxyl groups excluding tert-OH is 1. The Kier molecular flexibility index (Phi) is 3.22. The lowest BCUT2D eigenvalue weighted by atomic mass is 10.0. The van der Waals surface area contributed by atoms with Crippen molar-refractivity contribution in [3.63, 3.8) is 0 Å². The third kappa shape index (κ3) is 1.94. The van der Waals surface area contributed by atoms with Crippen LogP contribution in [0.4, 0.5) is 0 Å². The van der Waals surface area contributed by atoms with Crippen LogP contribution in [0.2, 0.25) is 0 Å². The molecular formula is C12H15NO3. The number of carbonyl (C=O) groups excluding carboxylic acids is 1. The summed E-state index contributed by atoms with van der Waals surface area (Å²) in [4.78, 5) is 11.4. The highest BCUT2D eigenvalue weighted by Gasteiger charge is 2.33. The lowest BCUT2D eigenvalue weighted by Crippen LogP contribution is -2.34. The number of ether oxygens (including phenoxy) is 1. The van der Waals surface area contributed by atoms with Crippen molar-refractivity contribution >= 4 is 5.97 Å². The topological polar surface area (TPSA) is 58.6 Å². The minimum absolute atomic E-state index is 0.282. The van der Waals surface area contributed by atoms with E-state index in [2.05, 4.69) is 5.32 Å². The zero-order chi connectivity index (χ0) is 11.5. The van der Waals surface area contributed by atoms with E-state index in [0.29, 0.717) is 6.54 Å². The van der Waals surface area contributed by atoms with E-state index in [4.69, 9.17) is 4.74 Å². The largest absolute Gasteiger partial charge is 0.464 e. The van der Waals surface area contributed by atoms with E-state index in [1.165, 1.54) is 0 Å². The van der Waals surface area contributed by atoms with Crippen molar-refractivity contribution in [2.75, 3.05) is 6.61 Å². The number of aliphatic hydroxyl groups is 1. The molecule has 86 valence electrons. The Bertz CT molecular complexity index is 392. The molecule has 2 atom stereocenters. The van der Waals surface area contributed by atoms with Crippen LogP contribution in [-0.4, -0.2) is 23.8 Å². The first-order valence-electron chi connectivity index (χ1n) is 5.40. The molecule has 1 heterocycles. The molecule has 0 saturated carbocycles. The molecule has 2 rings (SSSR count). The first-order valence-corrected chi connectivity index (χ1v) is 5.40. The minimum Gasteiger partial charge on any atom is -0.464 e. The first-order chi connectivity index (χ1) is 7.74. The Labute approximate surface area is 94.2 Å². The monoisotopic (exact) mass is 221 g/mol. The van der Waals surface area contributed by atoms with E-state index in [9.17, 15) is 9.90 Å². The average Bonchev–Trinajstić information content (AvgIpc) is 2.72. The summed E-state index contributed by atoms with van der Waals surface area (Å²) in [7, 11) is 0. The second-order valence-corrected chi connectivity index (χ2v) is 3.75. The zero-order valence-corrected chi connectivity index (χ0v) is 9.14. The van der Waals surface area contributed by atoms with Crippen LogP contribution in [0.1, 0.15) is 24.1 Å². The zero-order valence-electron chi connectivity index (χ0n) is 9.14. The van der Waals surface area contributed by atoms with Gasteiger partial charge in [0.05, 0.1) is 12.6 Å². The van der Waals surface area contributed by atoms with Crippen LogP contribution in [0.25, 0.3) is 0 Å². The highest BCUT2D eigenvalue weighted by molar-refractivity contribution is 5.76. The van der Waals surface area contributed by atoms with E-state index in [1.54, 1.807) is 6.92 Å². The molecule has 0 fully saturated rings. The van der Waals surface area contributed by atoms with Gasteiger partial charge in [0, 0.05) is 6.54 Å². The van der Waals surface area contributed by atoms with Gasteiger partial charge in [0.2, 0.25) is 0 Å². The number of rotatable bonds is 3. The van der Waals surface area contributed by atoms with Gasteiger partial charge in [0.1, 0.15) is 0 Å². The van der Waals surface area contributed by atoms with Crippen LogP contribution >= 0.6 is 0 Å². The number of hydrogen-bond acceptors (Lipinski definition) is 4. The number of carbonyl (C=O) groups is 1. The standard InChI is InChI=1S/C12H15NO3/c1-2-16-12(15)11(14)10-9-6-4-3-5-8(9)7-13-10/h3-6,10-11,13-14H,2,7H2,1H3. The molecule has 0 amide bonds. The van der Waals surface area contributed by atoms with Crippen molar-refractivity contribution < 1.29 is 14.6 Å². The summed E-state index contributed by atoms with van der Waals surface area (Å²) in [5.74, 6) is -0.572. The Morgan fingerprint density at radius 1 is 1.62 bits per heavy atom. The molecule has 0 spiro atoms. The maximum Gasteiger partial charge on any atom is 0.336 e. The van der Waals surface area contributed by atoms with E-state index in [-0.39, 0.29) is 12.6 Å². The van der Waals surface area contributed by atoms with Crippen molar-refractivity contribution in [1.29, 1.82) is 0 Å². The summed E-state index contributed by atoms with van der Waals surface area (Å²) in [6, 6.07) is 7.40. The van der Waals surface area contributed by atoms with Crippen molar-refractivity contribution in [3.8, 4) is 0 Å². The second-order valence-electron chi connectivity index (χ2n) is 3.75. The van der Waals surface area contributed by atoms with Crippen molar-refractivity contribution in [1.82, 2.24) is 5.32 Å². The Hall–Kier alpha value is -1.39. The SMILES string of the molecule is CCOC(=O)C(O)C1NCc2ccccc21. The fourth-order valence-corrected chi connectivity index (χ4v) is 1.97. The van der Waals surface area contributed by atoms with Gasteiger partial charge in [-0.25, -0.2) is 4.79 Å². The number of benzene rings is 1. The maximum atomic E-state index is 11.4. The number of esters is 1. The maximum absolute atomic E-state index is 11.4. The summed E-state index contributed by atoms with van der Waals surface area (Å²) >= 11 is 0. The smallest absolute Gasteiger partial charge is 0.336 e. The summed E-state index contributed by atoms with van der Waals surface area (Å²) in [6.45, 7) is 2.68. The fourth-order valence-electron chi connectivity index (χ4n) is 1.97. The summed E-state index contributed by atoms with van der Waals surface area (Å²) in [5.41, 5.74) is 2.10. The van der Waals surface area contributed by atoms with Gasteiger partial charge < -0.3 is 15.2 Å². The van der Waals surface area contributed by atoms with Crippen molar-refractivity contribution in [3.05, 3.63) is 35.4 Å². The van der Waals surface area contributed by atoms with Gasteiger partial charge in [-0.05, 0) is 18.1 Å². The molecule has 2 N–H and O–H groups in total. The Morgan fingerprint density at radius 2 is 2.38 bits per heavy atom. The summed E-state index contributed by atoms with van der Waals surface area (Å²) in [5, 5.41) is 13.0. The average molecular weight is 221 g/mol. The molecule has 0 saturated heterocycles. The lowest BCUT2D eigenvalue weighted by Gasteiger charge is -2.17. The molecule has 4 nitrogen and oxygen atoms in total. The van der Waals surface area contributed by atoms with Crippen LogP contribution in [0.5, 0.6) is 0 Å². The molecule has 0 aliphatic carbocycles. The van der Waals surface area contributed by atoms with Crippen LogP contribution in [0.3, 0.4) is 0 Å². The van der Waals surface area contributed by atoms with Crippen LogP contribution in [0, 0.1) is 0 Å². The number of hydrogen-bond donors (Lipinski definition) is 2. The highest BCUT2D eigenvalue weighted by Crippen LogP contribution is 2.27. The van der Waals surface area contributed by atoms with E-state index in [0.717, 1.165) is 11.1 Å². The summed E-state index contributed by atoms with van der Waals surface area (Å²) in [6.07, 6.45) is -1.14. The molecule has 0 bridgehead atoms. The molecule has 1 aromatic rings. The van der Waals surface area contributed by atoms with Gasteiger partial charge in [-0.2, -0.15) is 0 Å². The quantitative estimate of drug-likeness (QED) is 0.740. The Morgan fingerprint density at radius 3 is 3.12 bits per heavy atom. The Balaban J connectivity index is 2.15. The van der Waals surface area contributed by atoms with E-state index in [1.807, 2.05) is 24.3 Å². The number of fused-ring (bicyclic) bond motifs is 1. The second kappa shape index (κ2) is 4.63. The lowest BCUT2D eigenvalue weighted by molar-refractivity contribution is -0.154. The first kappa shape index (κ1) is 11.1. The van der Waals surface area contributed by atoms with Gasteiger partial charge in [-0.3, -0.25) is 0 Å². The van der Waals surface area contributed by atoms with Crippen molar-refractivity contribution in [2.24, 2.45) is 0 Å². The minimum atomic E-state index is -1.14. The molecular weight excluding hydrogens is 206 g/mol. The normalized spacial score (nSPS) is 20.2. The van der Waals surface area contributed by atoms with Gasteiger partial charge in [-0.15, -0.1) is 0 Å². The fraction of sp³-hybridized carbons (Fsp3) is 0.417. The third-order valence-corrected chi connectivity index (χ3v) is 2.75. The van der Waals surface area contributed by atoms with Gasteiger partial charge in [0.25, 0.3) is 0 Å². The van der Waals surface area contributed by atoms with Crippen molar-refractivity contribution in [2.45, 2.75) is 25.6 Å². The molecule has 2 unspecified atom stereocenters. The molecule has 4 heteroatoms. The number of nitrogens with one attached hydrogen (secondary N) is 1. The van der Waals surface area contributed by atoms with Gasteiger partial charge >= 0.3 is 5.97 Å². The van der Waals surface area contributed by atoms with Crippen LogP contribution in [0.15, 0.2) is 24.3 Å². The summed E-state index contributed by atoms with van der Waals surface area (Å²) < 4.78 is 4.80. The van der Waals surface area contributed by atoms with Crippen LogP contribution < -0.4 is 5.32 Å². The molecule has 1 aromatic carbocycles. The van der Waals surface area contributed by atoms with Gasteiger partial charge in [-0.1, -0.05) is 24.3 Å². The molecule has 1 aliphatic heterocycles. The predicted octanol–water partition coefficient (Wildman–Crippen LogP) is 0.755. The predicted molar refractivity (Wildman–Crippen MR) is 58.7 cm³/mol.